The summed E-state index contributed by atoms with van der Waals surface area (Å²) in [5.41, 5.74) is -1.67. The van der Waals surface area contributed by atoms with Gasteiger partial charge in [-0.15, -0.1) is 0 Å². The van der Waals surface area contributed by atoms with Gasteiger partial charge < -0.3 is 9.47 Å². The third-order valence-corrected chi connectivity index (χ3v) is 5.07. The van der Waals surface area contributed by atoms with E-state index in [9.17, 15) is 26.7 Å². The molecule has 1 aliphatic rings. The molecule has 1 N–H and O–H groups in total. The van der Waals surface area contributed by atoms with Gasteiger partial charge in [0.1, 0.15) is 5.75 Å². The average Bonchev–Trinajstić information content (AvgIpc) is 2.75. The molecule has 0 bridgehead atoms. The summed E-state index contributed by atoms with van der Waals surface area (Å²) in [6, 6.07) is 8.40. The summed E-state index contributed by atoms with van der Waals surface area (Å²) in [4.78, 5) is 18.0. The number of hydrogen-bond donors (Lipinski definition) is 1. The summed E-state index contributed by atoms with van der Waals surface area (Å²) in [6.07, 6.45) is -7.64. The molecule has 0 spiro atoms. The number of amides is 1. The highest BCUT2D eigenvalue weighted by atomic mass is 19.4. The maximum atomic E-state index is 13.0. The van der Waals surface area contributed by atoms with Gasteiger partial charge >= 0.3 is 12.6 Å². The van der Waals surface area contributed by atoms with E-state index in [1.807, 2.05) is 0 Å². The number of halogens is 5. The van der Waals surface area contributed by atoms with Gasteiger partial charge in [0.15, 0.2) is 0 Å². The largest absolute Gasteiger partial charge is 0.463 e. The van der Waals surface area contributed by atoms with Crippen LogP contribution < -0.4 is 4.74 Å². The monoisotopic (exact) mass is 455 g/mol. The fourth-order valence-electron chi connectivity index (χ4n) is 3.18. The van der Waals surface area contributed by atoms with E-state index >= 15 is 0 Å². The van der Waals surface area contributed by atoms with Gasteiger partial charge in [-0.3, -0.25) is 20.1 Å². The van der Waals surface area contributed by atoms with Gasteiger partial charge in [0.2, 0.25) is 11.6 Å². The first-order chi connectivity index (χ1) is 14.9. The van der Waals surface area contributed by atoms with Gasteiger partial charge in [0, 0.05) is 25.2 Å². The molecule has 1 aliphatic heterocycles. The Hall–Kier alpha value is -3.50. The van der Waals surface area contributed by atoms with Crippen molar-refractivity contribution >= 4 is 17.7 Å². The van der Waals surface area contributed by atoms with Crippen molar-refractivity contribution in [2.75, 3.05) is 14.1 Å². The minimum atomic E-state index is -4.50. The lowest BCUT2D eigenvalue weighted by molar-refractivity contribution is -0.137. The second-order valence-corrected chi connectivity index (χ2v) is 7.03. The molecular weight excluding hydrogens is 437 g/mol. The van der Waals surface area contributed by atoms with E-state index in [1.165, 1.54) is 56.3 Å². The average molecular weight is 455 g/mol. The topological polar surface area (TPSA) is 75.0 Å². The van der Waals surface area contributed by atoms with Crippen molar-refractivity contribution in [1.82, 2.24) is 4.90 Å². The van der Waals surface area contributed by atoms with Crippen molar-refractivity contribution in [3.8, 4) is 5.75 Å². The van der Waals surface area contributed by atoms with Crippen LogP contribution in [-0.4, -0.2) is 43.1 Å². The molecule has 1 unspecified atom stereocenters. The second kappa shape index (κ2) is 8.21. The molecular formula is C21H18F5N3O3. The highest BCUT2D eigenvalue weighted by Gasteiger charge is 2.43. The maximum Gasteiger partial charge on any atom is 0.416 e. The van der Waals surface area contributed by atoms with E-state index in [0.29, 0.717) is 5.56 Å². The Morgan fingerprint density at radius 1 is 1.19 bits per heavy atom. The van der Waals surface area contributed by atoms with Gasteiger partial charge in [-0.25, -0.2) is 0 Å². The van der Waals surface area contributed by atoms with E-state index in [-0.39, 0.29) is 22.8 Å². The minimum Gasteiger partial charge on any atom is -0.463 e. The number of nitrogens with one attached hydrogen (secondary N) is 1. The molecule has 1 amide bonds. The van der Waals surface area contributed by atoms with Crippen LogP contribution in [0, 0.1) is 5.41 Å². The second-order valence-electron chi connectivity index (χ2n) is 7.03. The molecule has 3 rings (SSSR count). The molecule has 0 saturated heterocycles. The standard InChI is InChI=1S/C21H18F5N3O3/c1-20(12-5-7-13(8-6-12)21(24,25)26)29(3)19(30)14-10-11(4-9-15(14)32-20)18(28-2)31-17(27)16(22)23/h4-10,16,27H,1-3H3. The zero-order chi connectivity index (χ0) is 23.8. The molecule has 11 heteroatoms. The SMILES string of the molecule is CN=C(OC(=N)C(F)F)c1ccc2c(c1)C(=O)N(C)C(C)(c1ccc(C(F)(F)F)cc1)O2. The predicted molar refractivity (Wildman–Crippen MR) is 105 cm³/mol. The first-order valence-corrected chi connectivity index (χ1v) is 9.19. The molecule has 0 radical (unpaired) electrons. The molecule has 0 aromatic heterocycles. The summed E-state index contributed by atoms with van der Waals surface area (Å²) >= 11 is 0. The Labute approximate surface area is 179 Å². The van der Waals surface area contributed by atoms with Crippen LogP contribution >= 0.6 is 0 Å². The van der Waals surface area contributed by atoms with Crippen LogP contribution in [0.15, 0.2) is 47.5 Å². The summed E-state index contributed by atoms with van der Waals surface area (Å²) in [5.74, 6) is -1.96. The molecule has 1 heterocycles. The van der Waals surface area contributed by atoms with E-state index in [0.717, 1.165) is 12.1 Å². The highest BCUT2D eigenvalue weighted by Crippen LogP contribution is 2.40. The van der Waals surface area contributed by atoms with Gasteiger partial charge in [-0.05, 0) is 37.3 Å². The fourth-order valence-corrected chi connectivity index (χ4v) is 3.18. The number of alkyl halides is 5. The van der Waals surface area contributed by atoms with E-state index < -0.39 is 35.7 Å². The van der Waals surface area contributed by atoms with E-state index in [4.69, 9.17) is 14.9 Å². The number of hydrogen-bond acceptors (Lipinski definition) is 5. The van der Waals surface area contributed by atoms with Crippen molar-refractivity contribution in [3.05, 3.63) is 64.7 Å². The predicted octanol–water partition coefficient (Wildman–Crippen LogP) is 4.68. The lowest BCUT2D eigenvalue weighted by atomic mass is 9.97. The fraction of sp³-hybridized carbons (Fsp3) is 0.286. The van der Waals surface area contributed by atoms with Gasteiger partial charge in [-0.1, -0.05) is 12.1 Å². The molecule has 32 heavy (non-hydrogen) atoms. The van der Waals surface area contributed by atoms with Gasteiger partial charge in [0.25, 0.3) is 11.8 Å². The molecule has 0 fully saturated rings. The summed E-state index contributed by atoms with van der Waals surface area (Å²) in [5, 5.41) is 7.16. The number of ether oxygens (including phenoxy) is 2. The maximum absolute atomic E-state index is 13.0. The zero-order valence-corrected chi connectivity index (χ0v) is 17.1. The van der Waals surface area contributed by atoms with Gasteiger partial charge in [-0.2, -0.15) is 22.0 Å². The quantitative estimate of drug-likeness (QED) is 0.415. The number of benzene rings is 2. The first kappa shape index (κ1) is 23.2. The van der Waals surface area contributed by atoms with Crippen molar-refractivity contribution < 1.29 is 36.2 Å². The number of carbonyl (C=O) groups is 1. The zero-order valence-electron chi connectivity index (χ0n) is 17.1. The van der Waals surface area contributed by atoms with Crippen molar-refractivity contribution in [3.63, 3.8) is 0 Å². The molecule has 1 atom stereocenters. The molecule has 0 saturated carbocycles. The van der Waals surface area contributed by atoms with E-state index in [2.05, 4.69) is 4.99 Å². The van der Waals surface area contributed by atoms with Crippen LogP contribution in [0.3, 0.4) is 0 Å². The third kappa shape index (κ3) is 4.14. The van der Waals surface area contributed by atoms with Crippen molar-refractivity contribution in [2.45, 2.75) is 25.3 Å². The molecule has 2 aromatic carbocycles. The van der Waals surface area contributed by atoms with Crippen molar-refractivity contribution in [2.24, 2.45) is 4.99 Å². The number of rotatable bonds is 3. The van der Waals surface area contributed by atoms with E-state index in [1.54, 1.807) is 0 Å². The Balaban J connectivity index is 1.96. The normalized spacial score (nSPS) is 19.0. The number of carbonyl (C=O) groups excluding carboxylic acids is 1. The number of nitrogens with zero attached hydrogens (tertiary/aromatic N) is 2. The summed E-state index contributed by atoms with van der Waals surface area (Å²) in [6.45, 7) is 1.54. The molecule has 2 aromatic rings. The van der Waals surface area contributed by atoms with Gasteiger partial charge in [0.05, 0.1) is 11.1 Å². The first-order valence-electron chi connectivity index (χ1n) is 9.19. The van der Waals surface area contributed by atoms with Crippen LogP contribution in [0.1, 0.15) is 34.0 Å². The summed E-state index contributed by atoms with van der Waals surface area (Å²) in [7, 11) is 2.70. The van der Waals surface area contributed by atoms with Crippen LogP contribution in [0.4, 0.5) is 22.0 Å². The Morgan fingerprint density at radius 2 is 1.81 bits per heavy atom. The Bertz CT molecular complexity index is 1080. The number of aliphatic imine (C=N–C) groups is 1. The third-order valence-electron chi connectivity index (χ3n) is 5.07. The molecule has 170 valence electrons. The molecule has 6 nitrogen and oxygen atoms in total. The molecule has 0 aliphatic carbocycles. The van der Waals surface area contributed by atoms with Crippen LogP contribution in [0.2, 0.25) is 0 Å². The minimum absolute atomic E-state index is 0.0720. The highest BCUT2D eigenvalue weighted by molar-refractivity contribution is 6.05. The Kier molecular flexibility index (Phi) is 5.94. The lowest BCUT2D eigenvalue weighted by Gasteiger charge is -2.43. The van der Waals surface area contributed by atoms with Crippen molar-refractivity contribution in [1.29, 1.82) is 5.41 Å². The van der Waals surface area contributed by atoms with Crippen LogP contribution in [-0.2, 0) is 16.6 Å². The smallest absolute Gasteiger partial charge is 0.416 e. The lowest BCUT2D eigenvalue weighted by Crippen LogP contribution is -2.52. The van der Waals surface area contributed by atoms with Crippen LogP contribution in [0.5, 0.6) is 5.75 Å². The Morgan fingerprint density at radius 3 is 2.34 bits per heavy atom. The summed E-state index contributed by atoms with van der Waals surface area (Å²) < 4.78 is 74.6. The number of fused-ring (bicyclic) bond motifs is 1. The van der Waals surface area contributed by atoms with Crippen LogP contribution in [0.25, 0.3) is 0 Å².